The van der Waals surface area contributed by atoms with Gasteiger partial charge in [0, 0.05) is 30.1 Å². The zero-order chi connectivity index (χ0) is 12.8. The molecular weight excluding hydrogens is 242 g/mol. The number of nitrogens with two attached hydrogens (primary N) is 1. The molecule has 0 aromatic heterocycles. The van der Waals surface area contributed by atoms with Crippen molar-refractivity contribution in [3.05, 3.63) is 35.9 Å². The fourth-order valence-electron chi connectivity index (χ4n) is 2.48. The van der Waals surface area contributed by atoms with Gasteiger partial charge in [0.1, 0.15) is 0 Å². The Balaban J connectivity index is 1.88. The van der Waals surface area contributed by atoms with Crippen LogP contribution in [-0.4, -0.2) is 42.1 Å². The molecule has 2 unspecified atom stereocenters. The van der Waals surface area contributed by atoms with E-state index in [4.69, 9.17) is 5.84 Å². The van der Waals surface area contributed by atoms with Crippen LogP contribution in [0.3, 0.4) is 0 Å². The standard InChI is InChI=1S/C14H23N3S/c1-17-9-10-18-11-14(17)13(16-15)8-7-12-5-3-2-4-6-12/h2-6,13-14,16H,7-11,15H2,1H3. The summed E-state index contributed by atoms with van der Waals surface area (Å²) in [7, 11) is 2.21. The Kier molecular flexibility index (Phi) is 5.50. The second-order valence-corrected chi connectivity index (χ2v) is 6.07. The molecule has 4 heteroatoms. The first-order chi connectivity index (χ1) is 8.81. The summed E-state index contributed by atoms with van der Waals surface area (Å²) < 4.78 is 0. The first-order valence-corrected chi connectivity index (χ1v) is 7.75. The Morgan fingerprint density at radius 3 is 2.89 bits per heavy atom. The molecule has 2 rings (SSSR count). The lowest BCUT2D eigenvalue weighted by Gasteiger charge is -2.37. The monoisotopic (exact) mass is 265 g/mol. The number of likely N-dealkylation sites (N-methyl/N-ethyl adjacent to an activating group) is 1. The van der Waals surface area contributed by atoms with Gasteiger partial charge in [0.15, 0.2) is 0 Å². The lowest BCUT2D eigenvalue weighted by Crippen LogP contribution is -2.54. The molecule has 3 nitrogen and oxygen atoms in total. The van der Waals surface area contributed by atoms with Crippen LogP contribution in [0.5, 0.6) is 0 Å². The molecule has 0 bridgehead atoms. The minimum atomic E-state index is 0.378. The molecule has 0 radical (unpaired) electrons. The molecule has 0 saturated carbocycles. The van der Waals surface area contributed by atoms with Crippen molar-refractivity contribution >= 4 is 11.8 Å². The zero-order valence-electron chi connectivity index (χ0n) is 11.0. The third kappa shape index (κ3) is 3.72. The molecule has 1 saturated heterocycles. The quantitative estimate of drug-likeness (QED) is 0.625. The van der Waals surface area contributed by atoms with E-state index in [9.17, 15) is 0 Å². The number of hydrogen-bond acceptors (Lipinski definition) is 4. The van der Waals surface area contributed by atoms with Crippen LogP contribution in [0.4, 0.5) is 0 Å². The van der Waals surface area contributed by atoms with Crippen molar-refractivity contribution in [2.45, 2.75) is 24.9 Å². The summed E-state index contributed by atoms with van der Waals surface area (Å²) in [6, 6.07) is 11.6. The van der Waals surface area contributed by atoms with Gasteiger partial charge in [-0.1, -0.05) is 30.3 Å². The highest BCUT2D eigenvalue weighted by Gasteiger charge is 2.26. The molecule has 100 valence electrons. The molecule has 1 fully saturated rings. The van der Waals surface area contributed by atoms with Crippen LogP contribution in [0.2, 0.25) is 0 Å². The van der Waals surface area contributed by atoms with Gasteiger partial charge >= 0.3 is 0 Å². The Morgan fingerprint density at radius 1 is 1.44 bits per heavy atom. The highest BCUT2D eigenvalue weighted by atomic mass is 32.2. The average molecular weight is 265 g/mol. The van der Waals surface area contributed by atoms with Crippen molar-refractivity contribution in [2.24, 2.45) is 5.84 Å². The van der Waals surface area contributed by atoms with E-state index in [2.05, 4.69) is 47.7 Å². The SMILES string of the molecule is CN1CCSCC1C(CCc1ccccc1)NN. The molecule has 0 aliphatic carbocycles. The summed E-state index contributed by atoms with van der Waals surface area (Å²) in [5.41, 5.74) is 4.41. The molecule has 18 heavy (non-hydrogen) atoms. The lowest BCUT2D eigenvalue weighted by molar-refractivity contribution is 0.209. The Hall–Kier alpha value is -0.550. The van der Waals surface area contributed by atoms with Gasteiger partial charge in [-0.15, -0.1) is 0 Å². The zero-order valence-corrected chi connectivity index (χ0v) is 11.8. The van der Waals surface area contributed by atoms with E-state index < -0.39 is 0 Å². The van der Waals surface area contributed by atoms with Crippen molar-refractivity contribution in [1.82, 2.24) is 10.3 Å². The second-order valence-electron chi connectivity index (χ2n) is 4.92. The number of nitrogens with one attached hydrogen (secondary N) is 1. The predicted molar refractivity (Wildman–Crippen MR) is 79.6 cm³/mol. The molecule has 2 atom stereocenters. The van der Waals surface area contributed by atoms with Gasteiger partial charge < -0.3 is 4.90 Å². The smallest absolute Gasteiger partial charge is 0.0377 e. The van der Waals surface area contributed by atoms with Crippen LogP contribution < -0.4 is 11.3 Å². The van der Waals surface area contributed by atoms with E-state index in [0.29, 0.717) is 12.1 Å². The van der Waals surface area contributed by atoms with Crippen molar-refractivity contribution < 1.29 is 0 Å². The molecular formula is C14H23N3S. The molecule has 0 spiro atoms. The molecule has 1 aromatic carbocycles. The molecule has 1 aliphatic heterocycles. The van der Waals surface area contributed by atoms with E-state index in [1.54, 1.807) is 0 Å². The topological polar surface area (TPSA) is 41.3 Å². The fourth-order valence-corrected chi connectivity index (χ4v) is 3.79. The van der Waals surface area contributed by atoms with E-state index in [0.717, 1.165) is 12.8 Å². The first kappa shape index (κ1) is 13.9. The number of hydrogen-bond donors (Lipinski definition) is 2. The highest BCUT2D eigenvalue weighted by Crippen LogP contribution is 2.19. The lowest BCUT2D eigenvalue weighted by atomic mass is 10.00. The number of benzene rings is 1. The maximum atomic E-state index is 5.74. The summed E-state index contributed by atoms with van der Waals surface area (Å²) in [5.74, 6) is 8.16. The number of thioether (sulfide) groups is 1. The highest BCUT2D eigenvalue weighted by molar-refractivity contribution is 7.99. The van der Waals surface area contributed by atoms with Gasteiger partial charge in [0.25, 0.3) is 0 Å². The van der Waals surface area contributed by atoms with Crippen LogP contribution >= 0.6 is 11.8 Å². The van der Waals surface area contributed by atoms with Crippen LogP contribution in [0, 0.1) is 0 Å². The Bertz CT molecular complexity index is 344. The maximum Gasteiger partial charge on any atom is 0.0377 e. The molecule has 1 aromatic rings. The van der Waals surface area contributed by atoms with E-state index >= 15 is 0 Å². The van der Waals surface area contributed by atoms with Gasteiger partial charge in [-0.05, 0) is 25.5 Å². The first-order valence-electron chi connectivity index (χ1n) is 6.59. The van der Waals surface area contributed by atoms with Crippen LogP contribution in [0.25, 0.3) is 0 Å². The van der Waals surface area contributed by atoms with Crippen molar-refractivity contribution in [1.29, 1.82) is 0 Å². The maximum absolute atomic E-state index is 5.74. The Labute approximate surface area is 114 Å². The third-order valence-electron chi connectivity index (χ3n) is 3.71. The third-order valence-corrected chi connectivity index (χ3v) is 4.76. The van der Waals surface area contributed by atoms with Crippen molar-refractivity contribution in [3.63, 3.8) is 0 Å². The normalized spacial score (nSPS) is 22.9. The number of nitrogens with zero attached hydrogens (tertiary/aromatic N) is 1. The van der Waals surface area contributed by atoms with Crippen LogP contribution in [0.1, 0.15) is 12.0 Å². The van der Waals surface area contributed by atoms with Gasteiger partial charge in [0.05, 0.1) is 0 Å². The summed E-state index contributed by atoms with van der Waals surface area (Å²) in [4.78, 5) is 2.44. The van der Waals surface area contributed by atoms with Gasteiger partial charge in [-0.25, -0.2) is 0 Å². The van der Waals surface area contributed by atoms with Gasteiger partial charge in [-0.2, -0.15) is 11.8 Å². The fraction of sp³-hybridized carbons (Fsp3) is 0.571. The molecule has 3 N–H and O–H groups in total. The second kappa shape index (κ2) is 7.14. The molecule has 0 amide bonds. The van der Waals surface area contributed by atoms with Crippen molar-refractivity contribution in [3.8, 4) is 0 Å². The van der Waals surface area contributed by atoms with Crippen LogP contribution in [0.15, 0.2) is 30.3 Å². The molecule has 1 aliphatic rings. The minimum absolute atomic E-state index is 0.378. The predicted octanol–water partition coefficient (Wildman–Crippen LogP) is 1.50. The number of rotatable bonds is 5. The molecule has 1 heterocycles. The van der Waals surface area contributed by atoms with E-state index in [1.807, 2.05) is 11.8 Å². The largest absolute Gasteiger partial charge is 0.300 e. The van der Waals surface area contributed by atoms with Crippen molar-refractivity contribution in [2.75, 3.05) is 25.1 Å². The van der Waals surface area contributed by atoms with Crippen LogP contribution in [-0.2, 0) is 6.42 Å². The summed E-state index contributed by atoms with van der Waals surface area (Å²) >= 11 is 2.03. The number of hydrazine groups is 1. The van der Waals surface area contributed by atoms with E-state index in [1.165, 1.54) is 23.6 Å². The number of aryl methyl sites for hydroxylation is 1. The minimum Gasteiger partial charge on any atom is -0.300 e. The Morgan fingerprint density at radius 2 is 2.22 bits per heavy atom. The van der Waals surface area contributed by atoms with E-state index in [-0.39, 0.29) is 0 Å². The van der Waals surface area contributed by atoms with Gasteiger partial charge in [0.2, 0.25) is 0 Å². The average Bonchev–Trinajstić information content (AvgIpc) is 2.42. The summed E-state index contributed by atoms with van der Waals surface area (Å²) in [5, 5.41) is 0. The van der Waals surface area contributed by atoms with Gasteiger partial charge in [-0.3, -0.25) is 11.3 Å². The summed E-state index contributed by atoms with van der Waals surface area (Å²) in [6.45, 7) is 1.17. The summed E-state index contributed by atoms with van der Waals surface area (Å²) in [6.07, 6.45) is 2.18.